The lowest BCUT2D eigenvalue weighted by atomic mass is 9.66. The molecule has 3 heteroatoms. The van der Waals surface area contributed by atoms with Crippen LogP contribution in [0.1, 0.15) is 116 Å². The third kappa shape index (κ3) is 9.17. The molecule has 0 spiro atoms. The van der Waals surface area contributed by atoms with E-state index >= 15 is 0 Å². The number of alkyl halides is 1. The van der Waals surface area contributed by atoms with Crippen LogP contribution in [0.15, 0.2) is 48.5 Å². The summed E-state index contributed by atoms with van der Waals surface area (Å²) in [6, 6.07) is 19.2. The van der Waals surface area contributed by atoms with E-state index in [1.807, 2.05) is 24.3 Å². The van der Waals surface area contributed by atoms with Gasteiger partial charge >= 0.3 is 0 Å². The molecule has 0 aliphatic heterocycles. The lowest BCUT2D eigenvalue weighted by molar-refractivity contribution is 0.184. The maximum absolute atomic E-state index is 14.1. The van der Waals surface area contributed by atoms with Crippen LogP contribution in [0.4, 0.5) is 4.39 Å². The predicted octanol–water partition coefficient (Wildman–Crippen LogP) is 10.4. The Balaban J connectivity index is 1.49. The van der Waals surface area contributed by atoms with E-state index in [4.69, 9.17) is 4.74 Å². The number of unbranched alkanes of at least 4 members (excludes halogenated alkanes) is 7. The van der Waals surface area contributed by atoms with Gasteiger partial charge in [-0.1, -0.05) is 114 Å². The van der Waals surface area contributed by atoms with Crippen molar-refractivity contribution >= 4 is 0 Å². The zero-order valence-corrected chi connectivity index (χ0v) is 23.3. The fourth-order valence-electron chi connectivity index (χ4n) is 5.75. The first-order valence-electron chi connectivity index (χ1n) is 15.0. The average Bonchev–Trinajstić information content (AvgIpc) is 2.95. The highest BCUT2D eigenvalue weighted by Crippen LogP contribution is 2.43. The molecule has 37 heavy (non-hydrogen) atoms. The predicted molar refractivity (Wildman–Crippen MR) is 154 cm³/mol. The topological polar surface area (TPSA) is 33.0 Å². The van der Waals surface area contributed by atoms with Gasteiger partial charge in [0.15, 0.2) is 0 Å². The van der Waals surface area contributed by atoms with Gasteiger partial charge in [-0.05, 0) is 66.8 Å². The van der Waals surface area contributed by atoms with Crippen LogP contribution < -0.4 is 4.74 Å². The van der Waals surface area contributed by atoms with Crippen molar-refractivity contribution in [2.75, 3.05) is 6.61 Å². The van der Waals surface area contributed by atoms with E-state index in [1.54, 1.807) is 0 Å². The van der Waals surface area contributed by atoms with Crippen molar-refractivity contribution in [3.63, 3.8) is 0 Å². The molecule has 0 saturated heterocycles. The molecular weight excluding hydrogens is 457 g/mol. The van der Waals surface area contributed by atoms with Crippen LogP contribution in [0.25, 0.3) is 11.1 Å². The molecule has 202 valence electrons. The number of hydrogen-bond acceptors (Lipinski definition) is 2. The van der Waals surface area contributed by atoms with Gasteiger partial charge in [-0.3, -0.25) is 0 Å². The highest BCUT2D eigenvalue weighted by Gasteiger charge is 2.36. The summed E-state index contributed by atoms with van der Waals surface area (Å²) >= 11 is 0. The van der Waals surface area contributed by atoms with Crippen LogP contribution in [0.3, 0.4) is 0 Å². The Morgan fingerprint density at radius 1 is 0.838 bits per heavy atom. The summed E-state index contributed by atoms with van der Waals surface area (Å²) < 4.78 is 19.8. The molecule has 3 rings (SSSR count). The van der Waals surface area contributed by atoms with Crippen molar-refractivity contribution in [2.45, 2.75) is 122 Å². The van der Waals surface area contributed by atoms with Crippen molar-refractivity contribution in [1.82, 2.24) is 0 Å². The van der Waals surface area contributed by atoms with E-state index in [-0.39, 0.29) is 12.0 Å². The number of hydrogen-bond donors (Lipinski definition) is 0. The number of rotatable bonds is 16. The summed E-state index contributed by atoms with van der Waals surface area (Å²) in [5.41, 5.74) is 3.05. The van der Waals surface area contributed by atoms with Gasteiger partial charge in [0.25, 0.3) is 0 Å². The molecule has 1 saturated carbocycles. The normalized spacial score (nSPS) is 20.3. The smallest absolute Gasteiger partial charge is 0.134 e. The first-order chi connectivity index (χ1) is 18.1. The lowest BCUT2D eigenvalue weighted by Gasteiger charge is -2.35. The maximum atomic E-state index is 14.1. The van der Waals surface area contributed by atoms with Gasteiger partial charge in [-0.15, -0.1) is 0 Å². The van der Waals surface area contributed by atoms with E-state index < -0.39 is 6.17 Å². The zero-order valence-electron chi connectivity index (χ0n) is 23.3. The molecule has 2 aromatic rings. The van der Waals surface area contributed by atoms with Crippen molar-refractivity contribution in [1.29, 1.82) is 5.26 Å². The molecule has 1 aliphatic carbocycles. The summed E-state index contributed by atoms with van der Waals surface area (Å²) in [6.07, 6.45) is 16.4. The molecule has 0 heterocycles. The summed E-state index contributed by atoms with van der Waals surface area (Å²) in [5.74, 6) is 1.50. The van der Waals surface area contributed by atoms with Gasteiger partial charge in [0.05, 0.1) is 11.5 Å². The second-order valence-electron chi connectivity index (χ2n) is 11.2. The zero-order chi connectivity index (χ0) is 26.3. The van der Waals surface area contributed by atoms with Gasteiger partial charge in [-0.25, -0.2) is 4.39 Å². The first-order valence-corrected chi connectivity index (χ1v) is 15.0. The van der Waals surface area contributed by atoms with Crippen molar-refractivity contribution in [3.05, 3.63) is 54.1 Å². The van der Waals surface area contributed by atoms with Crippen LogP contribution in [-0.2, 0) is 5.41 Å². The van der Waals surface area contributed by atoms with Gasteiger partial charge in [-0.2, -0.15) is 5.26 Å². The van der Waals surface area contributed by atoms with E-state index in [0.717, 1.165) is 48.3 Å². The number of ether oxygens (including phenoxy) is 1. The van der Waals surface area contributed by atoms with Gasteiger partial charge in [0.1, 0.15) is 18.5 Å². The Morgan fingerprint density at radius 3 is 2.00 bits per heavy atom. The van der Waals surface area contributed by atoms with Gasteiger partial charge in [0.2, 0.25) is 0 Å². The van der Waals surface area contributed by atoms with E-state index in [1.165, 1.54) is 64.2 Å². The second-order valence-corrected chi connectivity index (χ2v) is 11.2. The molecule has 0 N–H and O–H groups in total. The Bertz CT molecular complexity index is 922. The molecule has 0 aromatic heterocycles. The second kappa shape index (κ2) is 15.8. The minimum atomic E-state index is -0.905. The lowest BCUT2D eigenvalue weighted by Crippen LogP contribution is -2.30. The summed E-state index contributed by atoms with van der Waals surface area (Å²) in [4.78, 5) is 0. The molecule has 1 fully saturated rings. The first kappa shape index (κ1) is 29.2. The Hall–Kier alpha value is -2.34. The Kier molecular flexibility index (Phi) is 12.5. The highest BCUT2D eigenvalue weighted by molar-refractivity contribution is 5.65. The van der Waals surface area contributed by atoms with E-state index in [2.05, 4.69) is 44.2 Å². The molecule has 0 amide bonds. The molecule has 0 radical (unpaired) electrons. The van der Waals surface area contributed by atoms with Crippen molar-refractivity contribution in [3.8, 4) is 22.9 Å². The minimum Gasteiger partial charge on any atom is -0.491 e. The van der Waals surface area contributed by atoms with Crippen molar-refractivity contribution < 1.29 is 9.13 Å². The fourth-order valence-corrected chi connectivity index (χ4v) is 5.75. The van der Waals surface area contributed by atoms with Gasteiger partial charge < -0.3 is 4.74 Å². The third-order valence-corrected chi connectivity index (χ3v) is 8.32. The Labute approximate surface area is 225 Å². The third-order valence-electron chi connectivity index (χ3n) is 8.32. The minimum absolute atomic E-state index is 0.121. The molecule has 1 aliphatic rings. The van der Waals surface area contributed by atoms with Crippen LogP contribution >= 0.6 is 0 Å². The average molecular weight is 506 g/mol. The molecule has 2 nitrogen and oxygen atoms in total. The van der Waals surface area contributed by atoms with E-state index in [9.17, 15) is 9.65 Å². The van der Waals surface area contributed by atoms with Crippen LogP contribution in [0.5, 0.6) is 5.75 Å². The summed E-state index contributed by atoms with van der Waals surface area (Å²) in [5, 5.41) is 10.1. The van der Waals surface area contributed by atoms with Crippen LogP contribution in [0, 0.1) is 17.2 Å². The fraction of sp³-hybridized carbons (Fsp3) is 0.618. The van der Waals surface area contributed by atoms with Crippen LogP contribution in [0.2, 0.25) is 0 Å². The Morgan fingerprint density at radius 2 is 1.41 bits per heavy atom. The van der Waals surface area contributed by atoms with Gasteiger partial charge in [0, 0.05) is 0 Å². The molecule has 1 unspecified atom stereocenters. The maximum Gasteiger partial charge on any atom is 0.134 e. The van der Waals surface area contributed by atoms with Crippen LogP contribution in [-0.4, -0.2) is 12.8 Å². The number of benzene rings is 2. The molecule has 0 bridgehead atoms. The molecular formula is C34H48FNO. The summed E-state index contributed by atoms with van der Waals surface area (Å²) in [6.45, 7) is 4.55. The molecule has 1 atom stereocenters. The number of nitrogens with zero attached hydrogens (tertiary/aromatic N) is 1. The van der Waals surface area contributed by atoms with Crippen molar-refractivity contribution in [2.24, 2.45) is 5.92 Å². The number of halogens is 1. The summed E-state index contributed by atoms with van der Waals surface area (Å²) in [7, 11) is 0. The number of nitriles is 1. The van der Waals surface area contributed by atoms with E-state index in [0.29, 0.717) is 12.2 Å². The molecule has 2 aromatic carbocycles. The highest BCUT2D eigenvalue weighted by atomic mass is 19.1. The standard InChI is InChI=1S/C34H48FNO/c1-3-5-7-9-10-12-28-22-24-34(27-36,25-23-28)31-18-14-29(15-19-31)30-16-20-33(21-17-30)37-26-32(35)13-11-8-6-4-2/h14-21,28,32H,3-13,22-26H2,1-2H3/t28-,32?,34+. The monoisotopic (exact) mass is 505 g/mol. The SMILES string of the molecule is CCCCCCC[C@H]1CC[C@@](C#N)(c2ccc(-c3ccc(OCC(F)CCCCCC)cc3)cc2)CC1. The quantitative estimate of drug-likeness (QED) is 0.213. The largest absolute Gasteiger partial charge is 0.491 e.